The quantitative estimate of drug-likeness (QED) is 0.0278. The van der Waals surface area contributed by atoms with Crippen molar-refractivity contribution in [3.8, 4) is 0 Å². The number of hydrogen-bond acceptors (Lipinski definition) is 27. The van der Waals surface area contributed by atoms with E-state index in [0.29, 0.717) is 51.7 Å². The van der Waals surface area contributed by atoms with Crippen LogP contribution in [0.3, 0.4) is 0 Å². The molecule has 6 aromatic heterocycles. The fraction of sp³-hybridized carbons (Fsp3) is 0.741. The molecule has 32 nitrogen and oxygen atoms in total. The van der Waals surface area contributed by atoms with Crippen molar-refractivity contribution in [2.45, 2.75) is 169 Å². The van der Waals surface area contributed by atoms with Crippen LogP contribution in [0.2, 0.25) is 15.9 Å². The van der Waals surface area contributed by atoms with Gasteiger partial charge in [0.1, 0.15) is 48.4 Å². The molecule has 3 saturated heterocycles. The Morgan fingerprint density at radius 2 is 0.735 bits per heavy atom. The third-order valence-corrected chi connectivity index (χ3v) is 34.1. The standard InChI is InChI=1S/C20H31ClFN5O5P2.2C19H29ClFN5O6P2/c1-26(12-7-5-6-8-12)17-15-18(25-20(21)24-17)27(10-23-15)19-14(22)16(28)13(32-19)9-31-34(4,30)11-33(2,3)29;1-25(11-6-4-5-7-11)16-14-17(24-19(20)23-16)26(9-22-14)18-13(21)15(27)12(32-18)8-31-34(3,30)10-33(2,28)29;1-25(11-6-4-5-7-11)16-14-17(24-19(20)23-16)26(9-22-14)18-13(21)15(27)12(32-18)8-31-34(29,30)10-33(2,3)28/h10,12-14,16,19,28H,5-9,11H2,1-4H3;9,11-13,15,18,27H,4-8,10H2,1-3H3,(H,28,29);9,11-13,15,18,27H,4-8,10H2,1-3H3,(H,29,30)/t13-,14+,16-,19-,34?;12-,13+,15-,18-,34?;12-,13+,15-,18-/m111/s1. The van der Waals surface area contributed by atoms with Gasteiger partial charge in [-0.2, -0.15) is 29.9 Å². The summed E-state index contributed by atoms with van der Waals surface area (Å²) >= 11 is 18.6. The minimum absolute atomic E-state index is 0.00147. The van der Waals surface area contributed by atoms with Crippen LogP contribution in [-0.4, -0.2) is 262 Å². The summed E-state index contributed by atoms with van der Waals surface area (Å²) in [5.74, 6) is 0.497. The second-order valence-corrected chi connectivity index (χ2v) is 47.2. The number of hydrogen-bond donors (Lipinski definition) is 5. The van der Waals surface area contributed by atoms with Crippen LogP contribution in [0.1, 0.15) is 95.7 Å². The van der Waals surface area contributed by atoms with Crippen LogP contribution in [0, 0.1) is 0 Å². The maximum Gasteiger partial charge on any atom is 0.335 e. The molecule has 9 heterocycles. The first-order chi connectivity index (χ1) is 47.6. The fourth-order valence-electron chi connectivity index (χ4n) is 13.8. The Hall–Kier alpha value is -3.35. The van der Waals surface area contributed by atoms with Gasteiger partial charge in [-0.15, -0.1) is 0 Å². The third kappa shape index (κ3) is 19.6. The second-order valence-electron chi connectivity index (χ2n) is 28.2. The van der Waals surface area contributed by atoms with Crippen LogP contribution in [0.4, 0.5) is 30.6 Å². The van der Waals surface area contributed by atoms with Gasteiger partial charge < -0.3 is 76.7 Å². The Labute approximate surface area is 602 Å². The van der Waals surface area contributed by atoms with Gasteiger partial charge in [-0.1, -0.05) is 38.5 Å². The molecule has 6 aromatic rings. The van der Waals surface area contributed by atoms with Crippen molar-refractivity contribution in [2.24, 2.45) is 0 Å². The zero-order valence-corrected chi connectivity index (χ0v) is 65.5. The van der Waals surface area contributed by atoms with Crippen LogP contribution in [0.25, 0.3) is 33.5 Å². The number of fused-ring (bicyclic) bond motifs is 3. The van der Waals surface area contributed by atoms with E-state index in [1.165, 1.54) is 72.7 Å². The summed E-state index contributed by atoms with van der Waals surface area (Å²) in [7, 11) is -14.1. The average molecular weight is 1620 g/mol. The SMILES string of the molecule is CN(c1nc(Cl)nc2c1ncn2[C@@H]1O[C@H](COP(=O)(O)CP(C)(C)=O)[C@@H](O)[C@@H]1F)C1CCCC1.CN(c1nc(Cl)nc2c1ncn2[C@@H]1O[C@H](COP(C)(=O)CP(C)(=O)O)[C@@H](O)[C@@H]1F)C1CCCC1.CN(c1nc(Cl)nc2c1ncn2[C@@H]1O[C@H](COP(C)(=O)CP(C)(C)=O)[C@@H](O)[C@@H]1F)C1CCCC1. The minimum Gasteiger partial charge on any atom is -0.387 e. The largest absolute Gasteiger partial charge is 0.387 e. The third-order valence-electron chi connectivity index (χ3n) is 18.6. The Morgan fingerprint density at radius 1 is 0.461 bits per heavy atom. The van der Waals surface area contributed by atoms with Gasteiger partial charge in [0.15, 0.2) is 88.1 Å². The summed E-state index contributed by atoms with van der Waals surface area (Å²) in [6.45, 7) is 8.19. The van der Waals surface area contributed by atoms with Crippen molar-refractivity contribution in [1.29, 1.82) is 0 Å². The van der Waals surface area contributed by atoms with E-state index in [2.05, 4.69) is 44.9 Å². The zero-order valence-electron chi connectivity index (χ0n) is 57.9. The molecule has 12 rings (SSSR count). The van der Waals surface area contributed by atoms with Gasteiger partial charge in [-0.05, 0) is 100.0 Å². The minimum atomic E-state index is -4.21. The lowest BCUT2D eigenvalue weighted by Gasteiger charge is -2.25. The molecular weight excluding hydrogens is 1530 g/mol. The Morgan fingerprint density at radius 3 is 1.01 bits per heavy atom. The predicted molar refractivity (Wildman–Crippen MR) is 381 cm³/mol. The molecule has 0 bridgehead atoms. The van der Waals surface area contributed by atoms with Gasteiger partial charge in [0.2, 0.25) is 38.0 Å². The highest BCUT2D eigenvalue weighted by Gasteiger charge is 2.50. The number of imidazole rings is 3. The summed E-state index contributed by atoms with van der Waals surface area (Å²) in [6, 6.07) is 0.891. The highest BCUT2D eigenvalue weighted by molar-refractivity contribution is 7.77. The Balaban J connectivity index is 0.000000165. The average Bonchev–Trinajstić information content (AvgIpc) is 1.62. The molecule has 16 atom stereocenters. The summed E-state index contributed by atoms with van der Waals surface area (Å²) in [6.07, 6.45) is -0.506. The van der Waals surface area contributed by atoms with Crippen molar-refractivity contribution in [3.05, 3.63) is 34.8 Å². The lowest BCUT2D eigenvalue weighted by Crippen LogP contribution is -2.31. The number of aliphatic hydroxyl groups excluding tert-OH is 3. The number of rotatable bonds is 24. The van der Waals surface area contributed by atoms with Gasteiger partial charge in [0.05, 0.1) is 59.0 Å². The summed E-state index contributed by atoms with van der Waals surface area (Å²) in [5, 5.41) is 31.1. The predicted octanol–water partition coefficient (Wildman–Crippen LogP) is 10.4. The molecule has 0 radical (unpaired) electrons. The molecule has 44 heteroatoms. The summed E-state index contributed by atoms with van der Waals surface area (Å²) < 4.78 is 155. The van der Waals surface area contributed by atoms with Crippen molar-refractivity contribution in [3.63, 3.8) is 0 Å². The molecule has 0 aromatic carbocycles. The molecule has 102 heavy (non-hydrogen) atoms. The molecule has 6 fully saturated rings. The first-order valence-corrected chi connectivity index (χ1v) is 48.4. The van der Waals surface area contributed by atoms with Crippen LogP contribution >= 0.6 is 78.8 Å². The number of aliphatic hydroxyl groups is 3. The number of alkyl halides is 3. The number of nitrogens with zero attached hydrogens (tertiary/aromatic N) is 15. The number of anilines is 3. The molecule has 5 N–H and O–H groups in total. The van der Waals surface area contributed by atoms with Crippen molar-refractivity contribution in [1.82, 2.24) is 58.6 Å². The monoisotopic (exact) mass is 1620 g/mol. The molecular formula is C58H89Cl3F3N15O17P6. The van der Waals surface area contributed by atoms with E-state index in [0.717, 1.165) is 83.7 Å². The molecule has 3 aliphatic carbocycles. The molecule has 0 amide bonds. The highest BCUT2D eigenvalue weighted by atomic mass is 35.5. The molecule has 570 valence electrons. The van der Waals surface area contributed by atoms with E-state index >= 15 is 13.2 Å². The van der Waals surface area contributed by atoms with E-state index in [1.807, 2.05) is 35.8 Å². The van der Waals surface area contributed by atoms with Crippen LogP contribution in [0.5, 0.6) is 0 Å². The number of ether oxygens (including phenoxy) is 3. The van der Waals surface area contributed by atoms with E-state index < -0.39 is 143 Å². The van der Waals surface area contributed by atoms with Crippen molar-refractivity contribution in [2.75, 3.05) is 120 Å². The Bertz CT molecular complexity index is 3840. The van der Waals surface area contributed by atoms with Gasteiger partial charge in [0.25, 0.3) is 0 Å². The molecule has 6 aliphatic rings. The van der Waals surface area contributed by atoms with E-state index in [1.54, 1.807) is 0 Å². The lowest BCUT2D eigenvalue weighted by molar-refractivity contribution is -0.0425. The molecule has 3 aliphatic heterocycles. The van der Waals surface area contributed by atoms with Gasteiger partial charge in [0, 0.05) is 59.3 Å². The lowest BCUT2D eigenvalue weighted by atomic mass is 10.1. The topological polar surface area (TPSA) is 399 Å². The van der Waals surface area contributed by atoms with Gasteiger partial charge in [-0.3, -0.25) is 32.0 Å². The smallest absolute Gasteiger partial charge is 0.335 e. The van der Waals surface area contributed by atoms with Gasteiger partial charge in [-0.25, -0.2) is 28.1 Å². The Kier molecular flexibility index (Phi) is 25.8. The fourth-order valence-corrected chi connectivity index (χ4v) is 28.8. The van der Waals surface area contributed by atoms with E-state index in [4.69, 9.17) is 62.6 Å². The van der Waals surface area contributed by atoms with Crippen LogP contribution in [-0.2, 0) is 55.2 Å². The number of aromatic nitrogens is 12. The van der Waals surface area contributed by atoms with Gasteiger partial charge >= 0.3 is 7.60 Å². The normalized spacial score (nSPS) is 28.4. The van der Waals surface area contributed by atoms with Crippen LogP contribution < -0.4 is 14.7 Å². The van der Waals surface area contributed by atoms with E-state index in [9.17, 15) is 52.5 Å². The maximum absolute atomic E-state index is 15.1. The maximum atomic E-state index is 15.1. The number of halogens is 6. The molecule has 3 saturated carbocycles. The molecule has 4 unspecified atom stereocenters. The highest BCUT2D eigenvalue weighted by Crippen LogP contribution is 2.59. The first kappa shape index (κ1) is 81.2. The van der Waals surface area contributed by atoms with E-state index in [-0.39, 0.29) is 45.7 Å². The van der Waals surface area contributed by atoms with Crippen LogP contribution in [0.15, 0.2) is 19.0 Å². The van der Waals surface area contributed by atoms with Crippen molar-refractivity contribution < 1.29 is 93.4 Å². The summed E-state index contributed by atoms with van der Waals surface area (Å²) in [5.41, 5.74) is 2.11. The zero-order chi connectivity index (χ0) is 74.5. The second kappa shape index (κ2) is 32.5. The summed E-state index contributed by atoms with van der Waals surface area (Å²) in [4.78, 5) is 64.4. The first-order valence-electron chi connectivity index (χ1n) is 33.2. The molecule has 0 spiro atoms. The van der Waals surface area contributed by atoms with Crippen molar-refractivity contribution >= 4 is 130 Å².